The Hall–Kier alpha value is -1.76. The number of hydrogen-bond donors (Lipinski definition) is 1. The predicted octanol–water partition coefficient (Wildman–Crippen LogP) is 3.65. The fourth-order valence-electron chi connectivity index (χ4n) is 2.54. The summed E-state index contributed by atoms with van der Waals surface area (Å²) in [6, 6.07) is 18.2. The van der Waals surface area contributed by atoms with Crippen molar-refractivity contribution in [1.29, 1.82) is 0 Å². The minimum absolute atomic E-state index is 0.0195. The zero-order valence-corrected chi connectivity index (χ0v) is 14.4. The predicted molar refractivity (Wildman–Crippen MR) is 98.4 cm³/mol. The number of carbonyl (C=O) groups is 1. The van der Waals surface area contributed by atoms with E-state index in [1.165, 1.54) is 5.69 Å². The number of para-hydroxylation sites is 1. The van der Waals surface area contributed by atoms with Crippen LogP contribution >= 0.6 is 22.6 Å². The van der Waals surface area contributed by atoms with Gasteiger partial charge in [0.05, 0.1) is 0 Å². The molecule has 1 aliphatic rings. The van der Waals surface area contributed by atoms with Crippen LogP contribution in [0, 0.1) is 3.57 Å². The van der Waals surface area contributed by atoms with Crippen molar-refractivity contribution in [3.63, 3.8) is 0 Å². The summed E-state index contributed by atoms with van der Waals surface area (Å²) in [6.45, 7) is 3.21. The Balaban J connectivity index is 1.54. The molecule has 2 amide bonds. The molecule has 0 aliphatic carbocycles. The van der Waals surface area contributed by atoms with Gasteiger partial charge in [0.2, 0.25) is 0 Å². The van der Waals surface area contributed by atoms with Gasteiger partial charge in [-0.25, -0.2) is 4.79 Å². The lowest BCUT2D eigenvalue weighted by atomic mass is 10.2. The second kappa shape index (κ2) is 7.00. The van der Waals surface area contributed by atoms with Gasteiger partial charge in [-0.2, -0.15) is 0 Å². The average molecular weight is 407 g/mol. The normalized spacial score (nSPS) is 14.8. The molecule has 1 N–H and O–H groups in total. The van der Waals surface area contributed by atoms with Gasteiger partial charge in [-0.15, -0.1) is 0 Å². The van der Waals surface area contributed by atoms with E-state index in [4.69, 9.17) is 0 Å². The highest BCUT2D eigenvalue weighted by molar-refractivity contribution is 14.1. The van der Waals surface area contributed by atoms with Crippen LogP contribution in [0.1, 0.15) is 0 Å². The summed E-state index contributed by atoms with van der Waals surface area (Å²) in [7, 11) is 0. The van der Waals surface area contributed by atoms with Crippen LogP contribution < -0.4 is 10.2 Å². The Labute approximate surface area is 144 Å². The first-order valence-corrected chi connectivity index (χ1v) is 8.42. The third-order valence-corrected chi connectivity index (χ3v) is 4.50. The Bertz CT molecular complexity index is 622. The van der Waals surface area contributed by atoms with Crippen molar-refractivity contribution >= 4 is 40.0 Å². The van der Waals surface area contributed by atoms with Crippen molar-refractivity contribution in [2.75, 3.05) is 36.4 Å². The summed E-state index contributed by atoms with van der Waals surface area (Å²) in [4.78, 5) is 16.5. The molecule has 0 aromatic heterocycles. The van der Waals surface area contributed by atoms with Crippen molar-refractivity contribution in [2.45, 2.75) is 0 Å². The zero-order chi connectivity index (χ0) is 15.4. The van der Waals surface area contributed by atoms with Crippen LogP contribution in [0.4, 0.5) is 16.2 Å². The molecular weight excluding hydrogens is 389 g/mol. The maximum absolute atomic E-state index is 12.3. The number of halogens is 1. The average Bonchev–Trinajstić information content (AvgIpc) is 2.58. The smallest absolute Gasteiger partial charge is 0.321 e. The number of rotatable bonds is 2. The number of hydrogen-bond acceptors (Lipinski definition) is 2. The molecule has 1 heterocycles. The van der Waals surface area contributed by atoms with E-state index in [0.29, 0.717) is 0 Å². The van der Waals surface area contributed by atoms with E-state index >= 15 is 0 Å². The van der Waals surface area contributed by atoms with Gasteiger partial charge in [0.25, 0.3) is 0 Å². The fraction of sp³-hybridized carbons (Fsp3) is 0.235. The van der Waals surface area contributed by atoms with Gasteiger partial charge in [0.15, 0.2) is 0 Å². The molecule has 0 unspecified atom stereocenters. The molecular formula is C17H18IN3O. The lowest BCUT2D eigenvalue weighted by Gasteiger charge is -2.36. The van der Waals surface area contributed by atoms with Crippen LogP contribution in [0.3, 0.4) is 0 Å². The molecule has 1 saturated heterocycles. The molecule has 1 fully saturated rings. The fourth-order valence-corrected chi connectivity index (χ4v) is 2.90. The molecule has 4 nitrogen and oxygen atoms in total. The largest absolute Gasteiger partial charge is 0.368 e. The second-order valence-corrected chi connectivity index (χ2v) is 6.49. The van der Waals surface area contributed by atoms with Crippen LogP contribution in [0.15, 0.2) is 54.6 Å². The minimum atomic E-state index is -0.0195. The van der Waals surface area contributed by atoms with Gasteiger partial charge in [0, 0.05) is 41.1 Å². The minimum Gasteiger partial charge on any atom is -0.368 e. The first-order valence-electron chi connectivity index (χ1n) is 7.34. The van der Waals surface area contributed by atoms with Gasteiger partial charge in [-0.3, -0.25) is 0 Å². The molecule has 22 heavy (non-hydrogen) atoms. The molecule has 0 bridgehead atoms. The van der Waals surface area contributed by atoms with E-state index in [1.54, 1.807) is 0 Å². The third kappa shape index (κ3) is 3.71. The summed E-state index contributed by atoms with van der Waals surface area (Å²) < 4.78 is 1.16. The number of anilines is 2. The highest BCUT2D eigenvalue weighted by atomic mass is 127. The topological polar surface area (TPSA) is 35.6 Å². The highest BCUT2D eigenvalue weighted by Gasteiger charge is 2.21. The van der Waals surface area contributed by atoms with Crippen LogP contribution in [0.25, 0.3) is 0 Å². The molecule has 1 aliphatic heterocycles. The van der Waals surface area contributed by atoms with Crippen LogP contribution in [0.2, 0.25) is 0 Å². The highest BCUT2D eigenvalue weighted by Crippen LogP contribution is 2.16. The number of amides is 2. The summed E-state index contributed by atoms with van der Waals surface area (Å²) in [5.74, 6) is 0. The zero-order valence-electron chi connectivity index (χ0n) is 12.2. The summed E-state index contributed by atoms with van der Waals surface area (Å²) in [5.41, 5.74) is 2.07. The van der Waals surface area contributed by atoms with Crippen LogP contribution in [0.5, 0.6) is 0 Å². The van der Waals surface area contributed by atoms with E-state index in [2.05, 4.69) is 44.9 Å². The Morgan fingerprint density at radius 2 is 1.55 bits per heavy atom. The number of urea groups is 1. The van der Waals surface area contributed by atoms with Gasteiger partial charge < -0.3 is 15.1 Å². The lowest BCUT2D eigenvalue weighted by molar-refractivity contribution is 0.208. The molecule has 0 radical (unpaired) electrons. The van der Waals surface area contributed by atoms with Gasteiger partial charge >= 0.3 is 6.03 Å². The van der Waals surface area contributed by atoms with Crippen molar-refractivity contribution in [1.82, 2.24) is 4.90 Å². The van der Waals surface area contributed by atoms with Crippen molar-refractivity contribution < 1.29 is 4.79 Å². The van der Waals surface area contributed by atoms with E-state index in [9.17, 15) is 4.79 Å². The molecule has 0 spiro atoms. The number of nitrogens with zero attached hydrogens (tertiary/aromatic N) is 2. The Kier molecular flexibility index (Phi) is 4.82. The third-order valence-electron chi connectivity index (χ3n) is 3.78. The summed E-state index contributed by atoms with van der Waals surface area (Å²) in [5, 5.41) is 2.96. The van der Waals surface area contributed by atoms with Gasteiger partial charge in [-0.05, 0) is 59.0 Å². The van der Waals surface area contributed by atoms with Crippen molar-refractivity contribution in [3.05, 3.63) is 58.2 Å². The van der Waals surface area contributed by atoms with Crippen LogP contribution in [-0.4, -0.2) is 37.1 Å². The summed E-state index contributed by atoms with van der Waals surface area (Å²) in [6.07, 6.45) is 0. The maximum atomic E-state index is 12.3. The molecule has 3 rings (SSSR count). The first kappa shape index (κ1) is 15.1. The number of carbonyl (C=O) groups excluding carboxylic acids is 1. The maximum Gasteiger partial charge on any atom is 0.321 e. The number of nitrogens with one attached hydrogen (secondary N) is 1. The first-order chi connectivity index (χ1) is 10.7. The number of piperazine rings is 1. The quantitative estimate of drug-likeness (QED) is 0.772. The van der Waals surface area contributed by atoms with Gasteiger partial charge in [0.1, 0.15) is 0 Å². The molecule has 5 heteroatoms. The Morgan fingerprint density at radius 3 is 2.18 bits per heavy atom. The SMILES string of the molecule is O=C(Nc1ccc(I)cc1)N1CCN(c2ccccc2)CC1. The van der Waals surface area contributed by atoms with Crippen LogP contribution in [-0.2, 0) is 0 Å². The van der Waals surface area contributed by atoms with E-state index in [-0.39, 0.29) is 6.03 Å². The molecule has 2 aromatic rings. The van der Waals surface area contributed by atoms with E-state index in [0.717, 1.165) is 35.4 Å². The van der Waals surface area contributed by atoms with E-state index in [1.807, 2.05) is 47.4 Å². The molecule has 0 atom stereocenters. The van der Waals surface area contributed by atoms with Gasteiger partial charge in [-0.1, -0.05) is 18.2 Å². The number of benzene rings is 2. The van der Waals surface area contributed by atoms with E-state index < -0.39 is 0 Å². The molecule has 114 valence electrons. The standard InChI is InChI=1S/C17H18IN3O/c18-14-6-8-15(9-7-14)19-17(22)21-12-10-20(11-13-21)16-4-2-1-3-5-16/h1-9H,10-13H2,(H,19,22). The Morgan fingerprint density at radius 1 is 0.909 bits per heavy atom. The lowest BCUT2D eigenvalue weighted by Crippen LogP contribution is -2.50. The monoisotopic (exact) mass is 407 g/mol. The van der Waals surface area contributed by atoms with Crippen molar-refractivity contribution in [2.24, 2.45) is 0 Å². The second-order valence-electron chi connectivity index (χ2n) is 5.25. The molecule has 0 saturated carbocycles. The van der Waals surface area contributed by atoms with Crippen molar-refractivity contribution in [3.8, 4) is 0 Å². The summed E-state index contributed by atoms with van der Waals surface area (Å²) >= 11 is 2.25. The molecule has 2 aromatic carbocycles.